The Labute approximate surface area is 98.3 Å². The highest BCUT2D eigenvalue weighted by atomic mass is 16.6. The average molecular weight is 228 g/mol. The number of nitrogens with one attached hydrogen (secondary N) is 1. The van der Waals surface area contributed by atoms with Crippen LogP contribution >= 0.6 is 0 Å². The maximum atomic E-state index is 11.4. The number of nitrogens with zero attached hydrogens (tertiary/aromatic N) is 1. The molecule has 4 nitrogen and oxygen atoms in total. The number of carbonyl (C=O) groups excluding carboxylic acids is 1. The Kier molecular flexibility index (Phi) is 4.59. The fourth-order valence-corrected chi connectivity index (χ4v) is 2.00. The highest BCUT2D eigenvalue weighted by Gasteiger charge is 2.21. The van der Waals surface area contributed by atoms with Crippen LogP contribution in [0.5, 0.6) is 0 Å². The van der Waals surface area contributed by atoms with Crippen LogP contribution in [0.1, 0.15) is 40.0 Å². The molecule has 1 heterocycles. The van der Waals surface area contributed by atoms with E-state index in [1.54, 1.807) is 0 Å². The fraction of sp³-hybridized carbons (Fsp3) is 0.917. The van der Waals surface area contributed by atoms with Gasteiger partial charge in [0.25, 0.3) is 0 Å². The number of hydrogen-bond acceptors (Lipinski definition) is 3. The lowest BCUT2D eigenvalue weighted by molar-refractivity contribution is 0.0524. The van der Waals surface area contributed by atoms with Crippen molar-refractivity contribution in [2.24, 2.45) is 0 Å². The third-order valence-corrected chi connectivity index (χ3v) is 2.82. The van der Waals surface area contributed by atoms with E-state index in [4.69, 9.17) is 4.74 Å². The first-order chi connectivity index (χ1) is 7.38. The second-order valence-electron chi connectivity index (χ2n) is 5.49. The van der Waals surface area contributed by atoms with Crippen LogP contribution in [0.25, 0.3) is 0 Å². The molecule has 16 heavy (non-hydrogen) atoms. The topological polar surface area (TPSA) is 41.6 Å². The van der Waals surface area contributed by atoms with Crippen molar-refractivity contribution in [3.63, 3.8) is 0 Å². The van der Waals surface area contributed by atoms with Crippen molar-refractivity contribution in [3.8, 4) is 0 Å². The Morgan fingerprint density at radius 1 is 1.50 bits per heavy atom. The van der Waals surface area contributed by atoms with E-state index >= 15 is 0 Å². The summed E-state index contributed by atoms with van der Waals surface area (Å²) in [5.41, 5.74) is -0.408. The summed E-state index contributed by atoms with van der Waals surface area (Å²) in [6.45, 7) is 7.49. The van der Waals surface area contributed by atoms with Crippen LogP contribution in [0.3, 0.4) is 0 Å². The Bertz CT molecular complexity index is 236. The summed E-state index contributed by atoms with van der Waals surface area (Å²) in [4.78, 5) is 13.7. The summed E-state index contributed by atoms with van der Waals surface area (Å²) < 4.78 is 5.17. The first kappa shape index (κ1) is 13.3. The van der Waals surface area contributed by atoms with E-state index in [9.17, 15) is 4.79 Å². The predicted molar refractivity (Wildman–Crippen MR) is 64.5 cm³/mol. The van der Waals surface area contributed by atoms with Crippen molar-refractivity contribution in [2.75, 3.05) is 20.1 Å². The van der Waals surface area contributed by atoms with E-state index in [0.717, 1.165) is 6.42 Å². The molecule has 1 N–H and O–H groups in total. The number of ether oxygens (including phenoxy) is 1. The largest absolute Gasteiger partial charge is 0.444 e. The first-order valence-corrected chi connectivity index (χ1v) is 6.05. The smallest absolute Gasteiger partial charge is 0.407 e. The Morgan fingerprint density at radius 2 is 2.19 bits per heavy atom. The van der Waals surface area contributed by atoms with Gasteiger partial charge in [-0.3, -0.25) is 0 Å². The summed E-state index contributed by atoms with van der Waals surface area (Å²) in [6.07, 6.45) is 3.21. The Hall–Kier alpha value is -0.770. The average Bonchev–Trinajstić information content (AvgIpc) is 2.48. The van der Waals surface area contributed by atoms with Crippen LogP contribution in [-0.4, -0.2) is 42.8 Å². The highest BCUT2D eigenvalue weighted by molar-refractivity contribution is 5.67. The van der Waals surface area contributed by atoms with Gasteiger partial charge in [0.2, 0.25) is 0 Å². The van der Waals surface area contributed by atoms with Gasteiger partial charge < -0.3 is 15.0 Å². The molecular formula is C12H24N2O2. The van der Waals surface area contributed by atoms with Crippen molar-refractivity contribution in [3.05, 3.63) is 0 Å². The van der Waals surface area contributed by atoms with Gasteiger partial charge in [-0.25, -0.2) is 4.79 Å². The molecule has 1 rings (SSSR count). The predicted octanol–water partition coefficient (Wildman–Crippen LogP) is 2.00. The summed E-state index contributed by atoms with van der Waals surface area (Å²) in [5, 5.41) is 2.80. The standard InChI is InChI=1S/C12H24N2O2/c1-12(2,3)16-11(15)13-8-7-10-6-5-9-14(10)4/h10H,5-9H2,1-4H3,(H,13,15)/t10-/m0/s1. The zero-order chi connectivity index (χ0) is 12.2. The molecule has 1 saturated heterocycles. The molecule has 0 saturated carbocycles. The highest BCUT2D eigenvalue weighted by Crippen LogP contribution is 2.17. The van der Waals surface area contributed by atoms with Gasteiger partial charge in [-0.2, -0.15) is 0 Å². The van der Waals surface area contributed by atoms with Gasteiger partial charge in [0, 0.05) is 12.6 Å². The maximum Gasteiger partial charge on any atom is 0.407 e. The van der Waals surface area contributed by atoms with Crippen LogP contribution < -0.4 is 5.32 Å². The molecule has 0 spiro atoms. The summed E-state index contributed by atoms with van der Waals surface area (Å²) in [6, 6.07) is 0.620. The Morgan fingerprint density at radius 3 is 2.69 bits per heavy atom. The van der Waals surface area contributed by atoms with E-state index in [1.807, 2.05) is 20.8 Å². The van der Waals surface area contributed by atoms with Gasteiger partial charge in [-0.15, -0.1) is 0 Å². The van der Waals surface area contributed by atoms with E-state index in [2.05, 4.69) is 17.3 Å². The maximum absolute atomic E-state index is 11.4. The van der Waals surface area contributed by atoms with Gasteiger partial charge in [0.15, 0.2) is 0 Å². The van der Waals surface area contributed by atoms with Gasteiger partial charge in [-0.1, -0.05) is 0 Å². The lowest BCUT2D eigenvalue weighted by Gasteiger charge is -2.21. The van der Waals surface area contributed by atoms with E-state index in [1.165, 1.54) is 19.4 Å². The second kappa shape index (κ2) is 5.53. The number of amides is 1. The van der Waals surface area contributed by atoms with Crippen molar-refractivity contribution in [2.45, 2.75) is 51.7 Å². The molecule has 0 radical (unpaired) electrons. The third-order valence-electron chi connectivity index (χ3n) is 2.82. The number of alkyl carbamates (subject to hydrolysis) is 1. The van der Waals surface area contributed by atoms with E-state index in [-0.39, 0.29) is 6.09 Å². The Balaban J connectivity index is 2.13. The van der Waals surface area contributed by atoms with Crippen molar-refractivity contribution >= 4 is 6.09 Å². The monoisotopic (exact) mass is 228 g/mol. The van der Waals surface area contributed by atoms with Crippen LogP contribution in [0.4, 0.5) is 4.79 Å². The van der Waals surface area contributed by atoms with Gasteiger partial charge >= 0.3 is 6.09 Å². The molecular weight excluding hydrogens is 204 g/mol. The zero-order valence-corrected chi connectivity index (χ0v) is 10.9. The normalized spacial score (nSPS) is 22.1. The summed E-state index contributed by atoms with van der Waals surface area (Å²) in [5.74, 6) is 0. The fourth-order valence-electron chi connectivity index (χ4n) is 2.00. The molecule has 1 atom stereocenters. The van der Waals surface area contributed by atoms with Crippen molar-refractivity contribution in [1.82, 2.24) is 10.2 Å². The number of hydrogen-bond donors (Lipinski definition) is 1. The minimum atomic E-state index is -0.408. The van der Waals surface area contributed by atoms with Crippen LogP contribution in [-0.2, 0) is 4.74 Å². The molecule has 1 amide bonds. The van der Waals surface area contributed by atoms with E-state index < -0.39 is 5.60 Å². The first-order valence-electron chi connectivity index (χ1n) is 6.05. The molecule has 0 aromatic rings. The van der Waals surface area contributed by atoms with Crippen LogP contribution in [0.2, 0.25) is 0 Å². The van der Waals surface area contributed by atoms with E-state index in [0.29, 0.717) is 12.6 Å². The molecule has 94 valence electrons. The molecule has 1 aliphatic rings. The molecule has 0 bridgehead atoms. The summed E-state index contributed by atoms with van der Waals surface area (Å²) in [7, 11) is 2.14. The third kappa shape index (κ3) is 4.84. The van der Waals surface area contributed by atoms with Crippen molar-refractivity contribution < 1.29 is 9.53 Å². The van der Waals surface area contributed by atoms with Gasteiger partial charge in [-0.05, 0) is 53.6 Å². The number of rotatable bonds is 3. The zero-order valence-electron chi connectivity index (χ0n) is 10.9. The van der Waals surface area contributed by atoms with Crippen LogP contribution in [0, 0.1) is 0 Å². The van der Waals surface area contributed by atoms with Crippen LogP contribution in [0.15, 0.2) is 0 Å². The summed E-state index contributed by atoms with van der Waals surface area (Å²) >= 11 is 0. The van der Waals surface area contributed by atoms with Crippen molar-refractivity contribution in [1.29, 1.82) is 0 Å². The number of carbonyl (C=O) groups is 1. The SMILES string of the molecule is CN1CCC[C@H]1CCNC(=O)OC(C)(C)C. The molecule has 1 fully saturated rings. The lowest BCUT2D eigenvalue weighted by atomic mass is 10.1. The molecule has 1 aliphatic heterocycles. The minimum absolute atomic E-state index is 0.312. The molecule has 0 aromatic heterocycles. The minimum Gasteiger partial charge on any atom is -0.444 e. The molecule has 0 aliphatic carbocycles. The molecule has 4 heteroatoms. The van der Waals surface area contributed by atoms with Gasteiger partial charge in [0.1, 0.15) is 5.60 Å². The number of likely N-dealkylation sites (tertiary alicyclic amines) is 1. The lowest BCUT2D eigenvalue weighted by Crippen LogP contribution is -2.35. The quantitative estimate of drug-likeness (QED) is 0.803. The molecule has 0 aromatic carbocycles. The molecule has 0 unspecified atom stereocenters. The van der Waals surface area contributed by atoms with Gasteiger partial charge in [0.05, 0.1) is 0 Å². The second-order valence-corrected chi connectivity index (χ2v) is 5.49.